The van der Waals surface area contributed by atoms with Gasteiger partial charge >= 0.3 is 0 Å². The van der Waals surface area contributed by atoms with E-state index in [0.29, 0.717) is 5.92 Å². The summed E-state index contributed by atoms with van der Waals surface area (Å²) in [5, 5.41) is 0. The Labute approximate surface area is 330 Å². The fourth-order valence-electron chi connectivity index (χ4n) is 10.4. The van der Waals surface area contributed by atoms with Crippen molar-refractivity contribution in [2.24, 2.45) is 0 Å². The van der Waals surface area contributed by atoms with Gasteiger partial charge in [-0.15, -0.1) is 0 Å². The van der Waals surface area contributed by atoms with E-state index in [1.165, 1.54) is 83.5 Å². The van der Waals surface area contributed by atoms with Gasteiger partial charge in [0.25, 0.3) is 0 Å². The van der Waals surface area contributed by atoms with Crippen molar-refractivity contribution in [1.29, 1.82) is 0 Å². The van der Waals surface area contributed by atoms with Gasteiger partial charge in [0.05, 0.1) is 5.41 Å². The number of nitrogens with zero attached hydrogens (tertiary/aromatic N) is 1. The van der Waals surface area contributed by atoms with Gasteiger partial charge in [-0.1, -0.05) is 173 Å². The van der Waals surface area contributed by atoms with Crippen LogP contribution < -0.4 is 4.90 Å². The van der Waals surface area contributed by atoms with Crippen molar-refractivity contribution in [3.63, 3.8) is 0 Å². The van der Waals surface area contributed by atoms with Crippen LogP contribution in [0.25, 0.3) is 44.5 Å². The molecule has 0 unspecified atom stereocenters. The summed E-state index contributed by atoms with van der Waals surface area (Å²) in [5.74, 6) is 0.510. The summed E-state index contributed by atoms with van der Waals surface area (Å²) < 4.78 is 0. The Morgan fingerprint density at radius 3 is 1.23 bits per heavy atom. The third-order valence-electron chi connectivity index (χ3n) is 13.1. The summed E-state index contributed by atoms with van der Waals surface area (Å²) in [6.45, 7) is 9.24. The van der Waals surface area contributed by atoms with Gasteiger partial charge < -0.3 is 4.90 Å². The minimum Gasteiger partial charge on any atom is -0.310 e. The number of anilines is 3. The molecule has 0 heterocycles. The first-order valence-corrected chi connectivity index (χ1v) is 20.0. The zero-order valence-electron chi connectivity index (χ0n) is 32.3. The van der Waals surface area contributed by atoms with Crippen molar-refractivity contribution in [2.45, 2.75) is 44.4 Å². The van der Waals surface area contributed by atoms with Gasteiger partial charge in [-0.2, -0.15) is 0 Å². The van der Waals surface area contributed by atoms with E-state index >= 15 is 0 Å². The van der Waals surface area contributed by atoms with Crippen molar-refractivity contribution >= 4 is 17.1 Å². The van der Waals surface area contributed by atoms with Crippen molar-refractivity contribution in [3.8, 4) is 44.5 Å². The van der Waals surface area contributed by atoms with Crippen molar-refractivity contribution in [2.75, 3.05) is 4.90 Å². The SMILES string of the molecule is CC(C)c1ccc(-c2ccc(N(c3ccc4c(c3)C(C)(C)c3ccccc3-4)c3ccc4c(c3)C3(c5ccccc5-c5ccccc53)c3ccccc3-4)cc2)cc1. The van der Waals surface area contributed by atoms with Crippen molar-refractivity contribution < 1.29 is 0 Å². The van der Waals surface area contributed by atoms with E-state index < -0.39 is 5.41 Å². The van der Waals surface area contributed by atoms with Crippen LogP contribution in [-0.2, 0) is 10.8 Å². The predicted octanol–water partition coefficient (Wildman–Crippen LogP) is 14.6. The lowest BCUT2D eigenvalue weighted by Crippen LogP contribution is -2.26. The maximum Gasteiger partial charge on any atom is 0.0726 e. The Morgan fingerprint density at radius 2 is 0.732 bits per heavy atom. The molecular formula is C55H43N. The molecule has 1 nitrogen and oxygen atoms in total. The molecule has 0 radical (unpaired) electrons. The summed E-state index contributed by atoms with van der Waals surface area (Å²) >= 11 is 0. The molecule has 0 aromatic heterocycles. The van der Waals surface area contributed by atoms with Gasteiger partial charge in [-0.3, -0.25) is 0 Å². The first kappa shape index (κ1) is 32.9. The summed E-state index contributed by atoms with van der Waals surface area (Å²) in [6.07, 6.45) is 0. The summed E-state index contributed by atoms with van der Waals surface area (Å²) in [5.41, 5.74) is 22.9. The Hall–Kier alpha value is -6.44. The van der Waals surface area contributed by atoms with Gasteiger partial charge in [0.15, 0.2) is 0 Å². The zero-order valence-corrected chi connectivity index (χ0v) is 32.3. The topological polar surface area (TPSA) is 3.24 Å². The molecule has 1 spiro atoms. The Bertz CT molecular complexity index is 2790. The molecule has 0 saturated heterocycles. The number of hydrogen-bond donors (Lipinski definition) is 0. The summed E-state index contributed by atoms with van der Waals surface area (Å²) in [4.78, 5) is 2.48. The van der Waals surface area contributed by atoms with Crippen LogP contribution in [-0.4, -0.2) is 0 Å². The number of hydrogen-bond acceptors (Lipinski definition) is 1. The molecule has 0 saturated carbocycles. The average Bonchev–Trinajstić information content (AvgIpc) is 3.80. The highest BCUT2D eigenvalue weighted by atomic mass is 15.1. The number of benzene rings is 8. The fourth-order valence-corrected chi connectivity index (χ4v) is 10.4. The van der Waals surface area contributed by atoms with E-state index in [1.807, 2.05) is 0 Å². The lowest BCUT2D eigenvalue weighted by molar-refractivity contribution is 0.660. The maximum atomic E-state index is 2.50. The highest BCUT2D eigenvalue weighted by Crippen LogP contribution is 2.63. The molecule has 56 heavy (non-hydrogen) atoms. The molecule has 8 aromatic rings. The van der Waals surface area contributed by atoms with Gasteiger partial charge in [-0.25, -0.2) is 0 Å². The fraction of sp³-hybridized carbons (Fsp3) is 0.127. The first-order chi connectivity index (χ1) is 27.4. The zero-order chi connectivity index (χ0) is 37.8. The van der Waals surface area contributed by atoms with Crippen LogP contribution in [0.15, 0.2) is 182 Å². The second kappa shape index (κ2) is 12.0. The van der Waals surface area contributed by atoms with Crippen molar-refractivity contribution in [1.82, 2.24) is 0 Å². The molecule has 11 rings (SSSR count). The minimum absolute atomic E-state index is 0.111. The van der Waals surface area contributed by atoms with Crippen molar-refractivity contribution in [3.05, 3.63) is 221 Å². The normalized spacial score (nSPS) is 14.5. The third-order valence-corrected chi connectivity index (χ3v) is 13.1. The average molecular weight is 718 g/mol. The van der Waals surface area contributed by atoms with E-state index in [9.17, 15) is 0 Å². The molecule has 0 atom stereocenters. The van der Waals surface area contributed by atoms with E-state index in [0.717, 1.165) is 17.1 Å². The van der Waals surface area contributed by atoms with Crippen LogP contribution in [0.3, 0.4) is 0 Å². The minimum atomic E-state index is -0.408. The Morgan fingerprint density at radius 1 is 0.357 bits per heavy atom. The third kappa shape index (κ3) is 4.49. The smallest absolute Gasteiger partial charge is 0.0726 e. The second-order valence-corrected chi connectivity index (χ2v) is 16.7. The lowest BCUT2D eigenvalue weighted by atomic mass is 9.70. The highest BCUT2D eigenvalue weighted by molar-refractivity contribution is 5.96. The van der Waals surface area contributed by atoms with E-state index in [2.05, 4.69) is 215 Å². The monoisotopic (exact) mass is 717 g/mol. The number of fused-ring (bicyclic) bond motifs is 13. The van der Waals surface area contributed by atoms with E-state index in [1.54, 1.807) is 0 Å². The van der Waals surface area contributed by atoms with Gasteiger partial charge in [0.1, 0.15) is 0 Å². The molecule has 0 amide bonds. The molecule has 0 N–H and O–H groups in total. The van der Waals surface area contributed by atoms with Crippen LogP contribution >= 0.6 is 0 Å². The highest BCUT2D eigenvalue weighted by Gasteiger charge is 2.51. The summed E-state index contributed by atoms with van der Waals surface area (Å²) in [7, 11) is 0. The predicted molar refractivity (Wildman–Crippen MR) is 235 cm³/mol. The molecule has 8 aromatic carbocycles. The largest absolute Gasteiger partial charge is 0.310 e. The Kier molecular flexibility index (Phi) is 7.08. The molecule has 0 aliphatic heterocycles. The van der Waals surface area contributed by atoms with Crippen LogP contribution in [0, 0.1) is 0 Å². The Balaban J connectivity index is 1.12. The second-order valence-electron chi connectivity index (χ2n) is 16.7. The lowest BCUT2D eigenvalue weighted by Gasteiger charge is -2.32. The number of rotatable bonds is 5. The van der Waals surface area contributed by atoms with Crippen LogP contribution in [0.2, 0.25) is 0 Å². The molecule has 3 aliphatic carbocycles. The van der Waals surface area contributed by atoms with E-state index in [4.69, 9.17) is 0 Å². The van der Waals surface area contributed by atoms with Crippen LogP contribution in [0.4, 0.5) is 17.1 Å². The molecule has 0 fully saturated rings. The molecule has 0 bridgehead atoms. The maximum absolute atomic E-state index is 2.50. The quantitative estimate of drug-likeness (QED) is 0.171. The van der Waals surface area contributed by atoms with Gasteiger partial charge in [0.2, 0.25) is 0 Å². The van der Waals surface area contributed by atoms with Crippen LogP contribution in [0.5, 0.6) is 0 Å². The van der Waals surface area contributed by atoms with Gasteiger partial charge in [0, 0.05) is 22.5 Å². The molecule has 3 aliphatic rings. The van der Waals surface area contributed by atoms with Crippen LogP contribution in [0.1, 0.15) is 72.6 Å². The van der Waals surface area contributed by atoms with Gasteiger partial charge in [-0.05, 0) is 126 Å². The standard InChI is InChI=1S/C55H43N/c1-35(2)36-21-23-37(24-22-36)38-25-27-39(28-26-38)56(40-29-31-46-42-13-5-9-17-48(42)54(3,4)52(46)33-40)41-30-32-47-45-16-8-12-20-51(45)55(53(47)34-41)49-18-10-6-14-43(49)44-15-7-11-19-50(44)55/h5-35H,1-4H3. The molecule has 268 valence electrons. The molecular weight excluding hydrogens is 675 g/mol. The summed E-state index contributed by atoms with van der Waals surface area (Å²) in [6, 6.07) is 68.7. The first-order valence-electron chi connectivity index (χ1n) is 20.0. The van der Waals surface area contributed by atoms with E-state index in [-0.39, 0.29) is 5.41 Å². The molecule has 1 heteroatoms.